The molecule has 0 fully saturated rings. The molecule has 1 atom stereocenters. The SMILES string of the molecule is CC(C)C(O)CNC(=O)C(O)(c1ccccc1)c1ccccc1. The molecule has 1 amide bonds. The summed E-state index contributed by atoms with van der Waals surface area (Å²) in [6, 6.07) is 17.6. The molecule has 0 aromatic heterocycles. The molecule has 0 saturated heterocycles. The smallest absolute Gasteiger partial charge is 0.261 e. The molecule has 3 N–H and O–H groups in total. The van der Waals surface area contributed by atoms with Gasteiger partial charge < -0.3 is 15.5 Å². The average Bonchev–Trinajstić information content (AvgIpc) is 2.60. The lowest BCUT2D eigenvalue weighted by molar-refractivity contribution is -0.137. The van der Waals surface area contributed by atoms with Gasteiger partial charge in [0.2, 0.25) is 0 Å². The number of aliphatic hydroxyl groups is 2. The number of amides is 1. The zero-order chi connectivity index (χ0) is 16.9. The van der Waals surface area contributed by atoms with Gasteiger partial charge >= 0.3 is 0 Å². The largest absolute Gasteiger partial charge is 0.391 e. The zero-order valence-electron chi connectivity index (χ0n) is 13.4. The van der Waals surface area contributed by atoms with Crippen molar-refractivity contribution in [1.29, 1.82) is 0 Å². The molecule has 0 radical (unpaired) electrons. The fraction of sp³-hybridized carbons (Fsp3) is 0.316. The fourth-order valence-electron chi connectivity index (χ4n) is 2.35. The molecule has 4 heteroatoms. The monoisotopic (exact) mass is 313 g/mol. The number of carbonyl (C=O) groups excluding carboxylic acids is 1. The summed E-state index contributed by atoms with van der Waals surface area (Å²) in [6.07, 6.45) is -0.658. The molecule has 23 heavy (non-hydrogen) atoms. The second-order valence-electron chi connectivity index (χ2n) is 5.96. The van der Waals surface area contributed by atoms with Gasteiger partial charge in [0.15, 0.2) is 5.60 Å². The molecule has 0 saturated carbocycles. The molecule has 0 spiro atoms. The second-order valence-corrected chi connectivity index (χ2v) is 5.96. The summed E-state index contributed by atoms with van der Waals surface area (Å²) in [5.41, 5.74) is -0.815. The molecule has 2 aromatic rings. The molecule has 0 aliphatic heterocycles. The lowest BCUT2D eigenvalue weighted by atomic mass is 9.85. The molecule has 122 valence electrons. The van der Waals surface area contributed by atoms with Crippen molar-refractivity contribution in [3.8, 4) is 0 Å². The molecule has 4 nitrogen and oxygen atoms in total. The Morgan fingerprint density at radius 3 is 1.83 bits per heavy atom. The highest BCUT2D eigenvalue weighted by molar-refractivity contribution is 5.90. The van der Waals surface area contributed by atoms with E-state index >= 15 is 0 Å². The van der Waals surface area contributed by atoms with E-state index in [2.05, 4.69) is 5.32 Å². The van der Waals surface area contributed by atoms with E-state index in [1.807, 2.05) is 26.0 Å². The number of benzene rings is 2. The van der Waals surface area contributed by atoms with Crippen LogP contribution >= 0.6 is 0 Å². The van der Waals surface area contributed by atoms with Gasteiger partial charge in [-0.05, 0) is 17.0 Å². The summed E-state index contributed by atoms with van der Waals surface area (Å²) >= 11 is 0. The predicted molar refractivity (Wildman–Crippen MR) is 89.7 cm³/mol. The van der Waals surface area contributed by atoms with Crippen LogP contribution in [-0.4, -0.2) is 28.8 Å². The number of carbonyl (C=O) groups is 1. The zero-order valence-corrected chi connectivity index (χ0v) is 13.4. The number of aliphatic hydroxyl groups excluding tert-OH is 1. The van der Waals surface area contributed by atoms with E-state index in [0.717, 1.165) is 0 Å². The Labute approximate surface area is 136 Å². The topological polar surface area (TPSA) is 69.6 Å². The lowest BCUT2D eigenvalue weighted by Crippen LogP contribution is -2.48. The maximum atomic E-state index is 12.7. The Morgan fingerprint density at radius 1 is 1.00 bits per heavy atom. The third-order valence-corrected chi connectivity index (χ3v) is 3.95. The first-order chi connectivity index (χ1) is 11.0. The third kappa shape index (κ3) is 3.78. The van der Waals surface area contributed by atoms with Crippen LogP contribution in [0.5, 0.6) is 0 Å². The van der Waals surface area contributed by atoms with Crippen molar-refractivity contribution in [2.24, 2.45) is 5.92 Å². The van der Waals surface area contributed by atoms with E-state index in [-0.39, 0.29) is 12.5 Å². The Morgan fingerprint density at radius 2 is 1.43 bits per heavy atom. The third-order valence-electron chi connectivity index (χ3n) is 3.95. The summed E-state index contributed by atoms with van der Waals surface area (Å²) in [7, 11) is 0. The van der Waals surface area contributed by atoms with Gasteiger partial charge in [0.05, 0.1) is 6.10 Å². The normalized spacial score (nSPS) is 12.9. The van der Waals surface area contributed by atoms with E-state index in [9.17, 15) is 15.0 Å². The highest BCUT2D eigenvalue weighted by Crippen LogP contribution is 2.29. The lowest BCUT2D eigenvalue weighted by Gasteiger charge is -2.29. The van der Waals surface area contributed by atoms with Crippen molar-refractivity contribution in [2.75, 3.05) is 6.54 Å². The first-order valence-corrected chi connectivity index (χ1v) is 7.76. The van der Waals surface area contributed by atoms with Crippen LogP contribution < -0.4 is 5.32 Å². The van der Waals surface area contributed by atoms with Gasteiger partial charge in [-0.25, -0.2) is 0 Å². The van der Waals surface area contributed by atoms with Crippen LogP contribution in [0.1, 0.15) is 25.0 Å². The standard InChI is InChI=1S/C19H23NO3/c1-14(2)17(21)13-20-18(22)19(23,15-9-5-3-6-10-15)16-11-7-4-8-12-16/h3-12,14,17,21,23H,13H2,1-2H3,(H,20,22). The first-order valence-electron chi connectivity index (χ1n) is 7.76. The molecular formula is C19H23NO3. The van der Waals surface area contributed by atoms with Crippen molar-refractivity contribution >= 4 is 5.91 Å². The Bertz CT molecular complexity index is 586. The predicted octanol–water partition coefficient (Wildman–Crippen LogP) is 2.06. The van der Waals surface area contributed by atoms with Crippen LogP contribution in [0.3, 0.4) is 0 Å². The van der Waals surface area contributed by atoms with E-state index in [1.54, 1.807) is 48.5 Å². The minimum atomic E-state index is -1.79. The minimum Gasteiger partial charge on any atom is -0.391 e. The van der Waals surface area contributed by atoms with Gasteiger partial charge in [0.25, 0.3) is 5.91 Å². The maximum absolute atomic E-state index is 12.7. The average molecular weight is 313 g/mol. The minimum absolute atomic E-state index is 0.0249. The van der Waals surface area contributed by atoms with E-state index in [1.165, 1.54) is 0 Å². The Balaban J connectivity index is 2.33. The number of hydrogen-bond acceptors (Lipinski definition) is 3. The van der Waals surface area contributed by atoms with Crippen LogP contribution in [-0.2, 0) is 10.4 Å². The summed E-state index contributed by atoms with van der Waals surface area (Å²) in [5, 5.41) is 23.7. The molecule has 2 aromatic carbocycles. The van der Waals surface area contributed by atoms with Crippen LogP contribution in [0.25, 0.3) is 0 Å². The molecule has 0 heterocycles. The Hall–Kier alpha value is -2.17. The highest BCUT2D eigenvalue weighted by atomic mass is 16.3. The summed E-state index contributed by atoms with van der Waals surface area (Å²) in [5.74, 6) is -0.522. The van der Waals surface area contributed by atoms with Gasteiger partial charge in [-0.15, -0.1) is 0 Å². The van der Waals surface area contributed by atoms with Crippen LogP contribution in [0.4, 0.5) is 0 Å². The van der Waals surface area contributed by atoms with Crippen LogP contribution in [0.15, 0.2) is 60.7 Å². The van der Waals surface area contributed by atoms with Crippen LogP contribution in [0.2, 0.25) is 0 Å². The van der Waals surface area contributed by atoms with Gasteiger partial charge in [0, 0.05) is 6.54 Å². The number of rotatable bonds is 6. The van der Waals surface area contributed by atoms with Crippen molar-refractivity contribution in [3.63, 3.8) is 0 Å². The number of hydrogen-bond donors (Lipinski definition) is 3. The molecule has 2 rings (SSSR count). The van der Waals surface area contributed by atoms with Crippen molar-refractivity contribution in [2.45, 2.75) is 25.6 Å². The quantitative estimate of drug-likeness (QED) is 0.764. The van der Waals surface area contributed by atoms with Crippen molar-refractivity contribution < 1.29 is 15.0 Å². The summed E-state index contributed by atoms with van der Waals surface area (Å²) < 4.78 is 0. The Kier molecular flexibility index (Phi) is 5.53. The molecule has 0 aliphatic carbocycles. The highest BCUT2D eigenvalue weighted by Gasteiger charge is 2.39. The first kappa shape index (κ1) is 17.2. The van der Waals surface area contributed by atoms with Crippen molar-refractivity contribution in [3.05, 3.63) is 71.8 Å². The molecular weight excluding hydrogens is 290 g/mol. The fourth-order valence-corrected chi connectivity index (χ4v) is 2.35. The van der Waals surface area contributed by atoms with Gasteiger partial charge in [0.1, 0.15) is 0 Å². The number of nitrogens with one attached hydrogen (secondary N) is 1. The van der Waals surface area contributed by atoms with Crippen LogP contribution in [0, 0.1) is 5.92 Å². The van der Waals surface area contributed by atoms with Crippen molar-refractivity contribution in [1.82, 2.24) is 5.32 Å². The maximum Gasteiger partial charge on any atom is 0.261 e. The molecule has 0 bridgehead atoms. The van der Waals surface area contributed by atoms with E-state index in [4.69, 9.17) is 0 Å². The summed E-state index contributed by atoms with van der Waals surface area (Å²) in [4.78, 5) is 12.7. The van der Waals surface area contributed by atoms with Gasteiger partial charge in [-0.3, -0.25) is 4.79 Å². The molecule has 0 aliphatic rings. The van der Waals surface area contributed by atoms with Gasteiger partial charge in [-0.1, -0.05) is 74.5 Å². The second kappa shape index (κ2) is 7.40. The van der Waals surface area contributed by atoms with E-state index in [0.29, 0.717) is 11.1 Å². The van der Waals surface area contributed by atoms with E-state index < -0.39 is 17.6 Å². The molecule has 1 unspecified atom stereocenters. The van der Waals surface area contributed by atoms with Gasteiger partial charge in [-0.2, -0.15) is 0 Å². The summed E-state index contributed by atoms with van der Waals surface area (Å²) in [6.45, 7) is 3.84.